The van der Waals surface area contributed by atoms with Crippen molar-refractivity contribution in [2.75, 3.05) is 11.9 Å². The van der Waals surface area contributed by atoms with Crippen molar-refractivity contribution in [1.82, 2.24) is 15.2 Å². The van der Waals surface area contributed by atoms with Gasteiger partial charge in [0.25, 0.3) is 0 Å². The van der Waals surface area contributed by atoms with E-state index < -0.39 is 0 Å². The molecule has 154 valence electrons. The van der Waals surface area contributed by atoms with Crippen molar-refractivity contribution in [3.8, 4) is 10.6 Å². The zero-order valence-corrected chi connectivity index (χ0v) is 17.9. The highest BCUT2D eigenvalue weighted by molar-refractivity contribution is 7.17. The third-order valence-corrected chi connectivity index (χ3v) is 7.32. The van der Waals surface area contributed by atoms with Gasteiger partial charge in [-0.1, -0.05) is 12.8 Å². The molecule has 1 aliphatic carbocycles. The lowest BCUT2D eigenvalue weighted by molar-refractivity contribution is -0.130. The molecule has 0 radical (unpaired) electrons. The number of nitrogens with zero attached hydrogens (tertiary/aromatic N) is 2. The summed E-state index contributed by atoms with van der Waals surface area (Å²) >= 11 is 2.95. The number of carbonyl (C=O) groups is 3. The third kappa shape index (κ3) is 4.67. The smallest absolute Gasteiger partial charge is 0.231 e. The molecule has 1 atom stereocenters. The summed E-state index contributed by atoms with van der Waals surface area (Å²) < 4.78 is 0. The number of anilines is 1. The molecule has 0 bridgehead atoms. The summed E-state index contributed by atoms with van der Waals surface area (Å²) in [7, 11) is 0. The highest BCUT2D eigenvalue weighted by Crippen LogP contribution is 2.32. The molecule has 2 aromatic heterocycles. The van der Waals surface area contributed by atoms with Gasteiger partial charge in [0.2, 0.25) is 17.7 Å². The lowest BCUT2D eigenvalue weighted by Gasteiger charge is -2.23. The molecule has 0 unspecified atom stereocenters. The minimum Gasteiger partial charge on any atom is -0.351 e. The summed E-state index contributed by atoms with van der Waals surface area (Å²) in [5.74, 6) is -0.392. The summed E-state index contributed by atoms with van der Waals surface area (Å²) in [6.07, 6.45) is 4.74. The average molecular weight is 433 g/mol. The average Bonchev–Trinajstić information content (AvgIpc) is 3.46. The topological polar surface area (TPSA) is 91.4 Å². The van der Waals surface area contributed by atoms with Crippen LogP contribution in [0.5, 0.6) is 0 Å². The Balaban J connectivity index is 1.35. The number of nitrogens with one attached hydrogen (secondary N) is 2. The van der Waals surface area contributed by atoms with Gasteiger partial charge in [0, 0.05) is 36.2 Å². The molecule has 3 amide bonds. The first-order valence-electron chi connectivity index (χ1n) is 9.89. The Hall–Kier alpha value is -2.26. The number of hydrogen-bond acceptors (Lipinski definition) is 6. The van der Waals surface area contributed by atoms with Gasteiger partial charge in [-0.25, -0.2) is 4.98 Å². The molecule has 7 nitrogen and oxygen atoms in total. The number of amides is 3. The lowest BCUT2D eigenvalue weighted by Crippen LogP contribution is -2.35. The van der Waals surface area contributed by atoms with Gasteiger partial charge in [0.1, 0.15) is 0 Å². The monoisotopic (exact) mass is 432 g/mol. The molecule has 2 aliphatic rings. The quantitative estimate of drug-likeness (QED) is 0.733. The fourth-order valence-electron chi connectivity index (χ4n) is 3.95. The Morgan fingerprint density at radius 2 is 2.07 bits per heavy atom. The zero-order chi connectivity index (χ0) is 20.4. The predicted molar refractivity (Wildman–Crippen MR) is 114 cm³/mol. The SMILES string of the molecule is CC(=O)NCc1ccc(-c2csc(NC(=O)[C@@H]3CC(=O)N(C4CCCC4)C3)n2)s1. The van der Waals surface area contributed by atoms with Crippen LogP contribution in [-0.2, 0) is 20.9 Å². The van der Waals surface area contributed by atoms with Crippen molar-refractivity contribution in [1.29, 1.82) is 0 Å². The molecule has 1 saturated heterocycles. The maximum atomic E-state index is 12.7. The van der Waals surface area contributed by atoms with Crippen LogP contribution in [0, 0.1) is 5.92 Å². The second-order valence-electron chi connectivity index (χ2n) is 7.59. The molecule has 2 aromatic rings. The Labute approximate surface area is 177 Å². The second kappa shape index (κ2) is 8.62. The number of hydrogen-bond donors (Lipinski definition) is 2. The molecule has 1 aliphatic heterocycles. The second-order valence-corrected chi connectivity index (χ2v) is 9.61. The van der Waals surface area contributed by atoms with Gasteiger partial charge in [0.05, 0.1) is 23.0 Å². The first-order valence-corrected chi connectivity index (χ1v) is 11.6. The van der Waals surface area contributed by atoms with Gasteiger partial charge >= 0.3 is 0 Å². The van der Waals surface area contributed by atoms with Crippen LogP contribution in [0.2, 0.25) is 0 Å². The van der Waals surface area contributed by atoms with Crippen LogP contribution < -0.4 is 10.6 Å². The third-order valence-electron chi connectivity index (χ3n) is 5.45. The minimum atomic E-state index is -0.304. The summed E-state index contributed by atoms with van der Waals surface area (Å²) in [4.78, 5) is 44.5. The Bertz CT molecular complexity index is 916. The van der Waals surface area contributed by atoms with Gasteiger partial charge in [-0.15, -0.1) is 22.7 Å². The Morgan fingerprint density at radius 3 is 2.83 bits per heavy atom. The number of aromatic nitrogens is 1. The molecule has 0 spiro atoms. The summed E-state index contributed by atoms with van der Waals surface area (Å²) in [5, 5.41) is 8.13. The van der Waals surface area contributed by atoms with E-state index >= 15 is 0 Å². The van der Waals surface area contributed by atoms with E-state index in [9.17, 15) is 14.4 Å². The number of rotatable bonds is 6. The van der Waals surface area contributed by atoms with Crippen LogP contribution in [-0.4, -0.2) is 40.2 Å². The van der Waals surface area contributed by atoms with Gasteiger partial charge < -0.3 is 15.5 Å². The molecule has 2 fully saturated rings. The molecular formula is C20H24N4O3S2. The maximum absolute atomic E-state index is 12.7. The van der Waals surface area contributed by atoms with Crippen LogP contribution in [0.25, 0.3) is 10.6 Å². The molecule has 2 N–H and O–H groups in total. The van der Waals surface area contributed by atoms with Crippen molar-refractivity contribution in [2.45, 2.75) is 51.6 Å². The first kappa shape index (κ1) is 20.0. The molecule has 1 saturated carbocycles. The molecular weight excluding hydrogens is 408 g/mol. The number of thiophene rings is 1. The number of carbonyl (C=O) groups excluding carboxylic acids is 3. The summed E-state index contributed by atoms with van der Waals surface area (Å²) in [6, 6.07) is 4.25. The van der Waals surface area contributed by atoms with E-state index in [1.807, 2.05) is 22.4 Å². The van der Waals surface area contributed by atoms with Crippen molar-refractivity contribution in [3.05, 3.63) is 22.4 Å². The maximum Gasteiger partial charge on any atom is 0.231 e. The van der Waals surface area contributed by atoms with Crippen LogP contribution >= 0.6 is 22.7 Å². The largest absolute Gasteiger partial charge is 0.351 e. The predicted octanol–water partition coefficient (Wildman–Crippen LogP) is 3.24. The van der Waals surface area contributed by atoms with Gasteiger partial charge in [-0.3, -0.25) is 14.4 Å². The van der Waals surface area contributed by atoms with Crippen molar-refractivity contribution in [3.63, 3.8) is 0 Å². The first-order chi connectivity index (χ1) is 14.0. The minimum absolute atomic E-state index is 0.0597. The van der Waals surface area contributed by atoms with Crippen molar-refractivity contribution >= 4 is 45.5 Å². The fourth-order valence-corrected chi connectivity index (χ4v) is 5.65. The van der Waals surface area contributed by atoms with E-state index in [2.05, 4.69) is 15.6 Å². The van der Waals surface area contributed by atoms with E-state index in [1.54, 1.807) is 11.3 Å². The summed E-state index contributed by atoms with van der Waals surface area (Å²) in [6.45, 7) is 2.51. The number of likely N-dealkylation sites (tertiary alicyclic amines) is 1. The number of thiazole rings is 1. The molecule has 0 aromatic carbocycles. The van der Waals surface area contributed by atoms with Crippen molar-refractivity contribution in [2.24, 2.45) is 5.92 Å². The van der Waals surface area contributed by atoms with Crippen LogP contribution in [0.4, 0.5) is 5.13 Å². The zero-order valence-electron chi connectivity index (χ0n) is 16.3. The van der Waals surface area contributed by atoms with E-state index in [1.165, 1.54) is 31.1 Å². The van der Waals surface area contributed by atoms with E-state index in [-0.39, 0.29) is 30.1 Å². The van der Waals surface area contributed by atoms with Gasteiger partial charge in [-0.05, 0) is 25.0 Å². The lowest BCUT2D eigenvalue weighted by atomic mass is 10.1. The normalized spacial score (nSPS) is 19.7. The standard InChI is InChI=1S/C20H24N4O3S2/c1-12(25)21-9-15-6-7-17(29-15)16-11-28-20(22-16)23-19(27)13-8-18(26)24(10-13)14-4-2-3-5-14/h6-7,11,13-14H,2-5,8-10H2,1H3,(H,21,25)(H,22,23,27)/t13-/m1/s1. The van der Waals surface area contributed by atoms with Gasteiger partial charge in [-0.2, -0.15) is 0 Å². The van der Waals surface area contributed by atoms with E-state index in [4.69, 9.17) is 0 Å². The van der Waals surface area contributed by atoms with Crippen LogP contribution in [0.1, 0.15) is 43.9 Å². The fraction of sp³-hybridized carbons (Fsp3) is 0.500. The van der Waals surface area contributed by atoms with Crippen molar-refractivity contribution < 1.29 is 14.4 Å². The van der Waals surface area contributed by atoms with Crippen LogP contribution in [0.15, 0.2) is 17.5 Å². The molecule has 29 heavy (non-hydrogen) atoms. The Kier molecular flexibility index (Phi) is 5.96. The molecule has 9 heteroatoms. The highest BCUT2D eigenvalue weighted by atomic mass is 32.1. The Morgan fingerprint density at radius 1 is 1.28 bits per heavy atom. The van der Waals surface area contributed by atoms with E-state index in [0.717, 1.165) is 28.3 Å². The molecule has 3 heterocycles. The van der Waals surface area contributed by atoms with Crippen LogP contribution in [0.3, 0.4) is 0 Å². The summed E-state index contributed by atoms with van der Waals surface area (Å²) in [5.41, 5.74) is 0.805. The highest BCUT2D eigenvalue weighted by Gasteiger charge is 2.38. The van der Waals surface area contributed by atoms with E-state index in [0.29, 0.717) is 24.3 Å². The molecule has 4 rings (SSSR count). The van der Waals surface area contributed by atoms with Gasteiger partial charge in [0.15, 0.2) is 5.13 Å².